The van der Waals surface area contributed by atoms with Crippen molar-refractivity contribution in [2.75, 3.05) is 7.05 Å². The first-order chi connectivity index (χ1) is 10.2. The molecule has 3 rings (SSSR count). The number of likely N-dealkylation sites (N-methyl/N-ethyl adjacent to an activating group) is 1. The van der Waals surface area contributed by atoms with Gasteiger partial charge in [-0.3, -0.25) is 0 Å². The van der Waals surface area contributed by atoms with Gasteiger partial charge in [0.2, 0.25) is 0 Å². The number of furan rings is 1. The van der Waals surface area contributed by atoms with Gasteiger partial charge in [-0.15, -0.1) is 0 Å². The monoisotopic (exact) mass is 363 g/mol. The third kappa shape index (κ3) is 3.31. The molecule has 1 atom stereocenters. The van der Waals surface area contributed by atoms with E-state index in [1.165, 1.54) is 5.56 Å². The summed E-state index contributed by atoms with van der Waals surface area (Å²) in [5.74, 6) is 0.926. The van der Waals surface area contributed by atoms with Gasteiger partial charge in [0.1, 0.15) is 11.3 Å². The molecule has 0 saturated heterocycles. The summed E-state index contributed by atoms with van der Waals surface area (Å²) in [4.78, 5) is 0. The summed E-state index contributed by atoms with van der Waals surface area (Å²) in [6, 6.07) is 16.2. The Balaban J connectivity index is 1.90. The number of halogens is 2. The van der Waals surface area contributed by atoms with Crippen molar-refractivity contribution in [2.45, 2.75) is 12.5 Å². The minimum absolute atomic E-state index is 0.130. The number of hydrogen-bond donors (Lipinski definition) is 1. The van der Waals surface area contributed by atoms with E-state index in [9.17, 15) is 0 Å². The maximum atomic E-state index is 6.03. The van der Waals surface area contributed by atoms with Gasteiger partial charge in [0.25, 0.3) is 0 Å². The maximum absolute atomic E-state index is 6.03. The van der Waals surface area contributed by atoms with Gasteiger partial charge in [-0.1, -0.05) is 39.7 Å². The SMILES string of the molecule is CNC(Cc1cccc(Br)c1)c1cc2cc(Cl)ccc2o1. The standard InChI is InChI=1S/C17H15BrClNO/c1-20-15(8-11-3-2-4-13(18)7-11)17-10-12-9-14(19)5-6-16(12)21-17/h2-7,9-10,15,20H,8H2,1H3. The van der Waals surface area contributed by atoms with Crippen molar-refractivity contribution in [2.24, 2.45) is 0 Å². The molecule has 0 aliphatic rings. The van der Waals surface area contributed by atoms with Crippen LogP contribution in [0.25, 0.3) is 11.0 Å². The molecule has 4 heteroatoms. The Morgan fingerprint density at radius 2 is 2.05 bits per heavy atom. The summed E-state index contributed by atoms with van der Waals surface area (Å²) in [5.41, 5.74) is 2.12. The van der Waals surface area contributed by atoms with Gasteiger partial charge in [0.05, 0.1) is 6.04 Å². The lowest BCUT2D eigenvalue weighted by Crippen LogP contribution is -2.18. The Hall–Kier alpha value is -1.29. The summed E-state index contributed by atoms with van der Waals surface area (Å²) in [6.45, 7) is 0. The zero-order chi connectivity index (χ0) is 14.8. The van der Waals surface area contributed by atoms with Crippen LogP contribution in [0.5, 0.6) is 0 Å². The van der Waals surface area contributed by atoms with E-state index in [2.05, 4.69) is 39.4 Å². The van der Waals surface area contributed by atoms with E-state index in [0.717, 1.165) is 32.6 Å². The van der Waals surface area contributed by atoms with Crippen LogP contribution < -0.4 is 5.32 Å². The molecule has 0 saturated carbocycles. The number of benzene rings is 2. The Bertz CT molecular complexity index is 768. The van der Waals surface area contributed by atoms with Gasteiger partial charge in [0, 0.05) is 14.9 Å². The third-order valence-corrected chi connectivity index (χ3v) is 4.25. The molecule has 1 aromatic heterocycles. The highest BCUT2D eigenvalue weighted by molar-refractivity contribution is 9.10. The molecule has 1 heterocycles. The van der Waals surface area contributed by atoms with Gasteiger partial charge < -0.3 is 9.73 Å². The Kier molecular flexibility index (Phi) is 4.34. The van der Waals surface area contributed by atoms with Crippen molar-refractivity contribution in [1.82, 2.24) is 5.32 Å². The molecule has 3 aromatic rings. The predicted octanol–water partition coefficient (Wildman–Crippen LogP) is 5.35. The zero-order valence-electron chi connectivity index (χ0n) is 11.6. The van der Waals surface area contributed by atoms with Crippen LogP contribution in [-0.4, -0.2) is 7.05 Å². The molecule has 1 N–H and O–H groups in total. The molecule has 2 nitrogen and oxygen atoms in total. The maximum Gasteiger partial charge on any atom is 0.134 e. The molecule has 108 valence electrons. The smallest absolute Gasteiger partial charge is 0.134 e. The molecule has 0 amide bonds. The molecule has 0 aliphatic heterocycles. The van der Waals surface area contributed by atoms with Gasteiger partial charge >= 0.3 is 0 Å². The van der Waals surface area contributed by atoms with Crippen LogP contribution in [0.1, 0.15) is 17.4 Å². The van der Waals surface area contributed by atoms with Gasteiger partial charge in [-0.25, -0.2) is 0 Å². The first kappa shape index (κ1) is 14.6. The van der Waals surface area contributed by atoms with Crippen molar-refractivity contribution >= 4 is 38.5 Å². The van der Waals surface area contributed by atoms with Crippen molar-refractivity contribution in [3.05, 3.63) is 69.3 Å². The summed E-state index contributed by atoms with van der Waals surface area (Å²) in [5, 5.41) is 5.08. The Morgan fingerprint density at radius 1 is 1.19 bits per heavy atom. The Labute approximate surface area is 137 Å². The van der Waals surface area contributed by atoms with Crippen LogP contribution >= 0.6 is 27.5 Å². The van der Waals surface area contributed by atoms with E-state index < -0.39 is 0 Å². The van der Waals surface area contributed by atoms with E-state index in [1.807, 2.05) is 37.4 Å². The lowest BCUT2D eigenvalue weighted by molar-refractivity contribution is 0.451. The molecule has 2 aromatic carbocycles. The lowest BCUT2D eigenvalue weighted by atomic mass is 10.0. The van der Waals surface area contributed by atoms with E-state index in [4.69, 9.17) is 16.0 Å². The van der Waals surface area contributed by atoms with Crippen molar-refractivity contribution in [1.29, 1.82) is 0 Å². The summed E-state index contributed by atoms with van der Waals surface area (Å²) >= 11 is 9.53. The van der Waals surface area contributed by atoms with Crippen molar-refractivity contribution in [3.8, 4) is 0 Å². The number of rotatable bonds is 4. The topological polar surface area (TPSA) is 25.2 Å². The lowest BCUT2D eigenvalue weighted by Gasteiger charge is -2.13. The minimum Gasteiger partial charge on any atom is -0.459 e. The molecule has 0 aliphatic carbocycles. The highest BCUT2D eigenvalue weighted by atomic mass is 79.9. The van der Waals surface area contributed by atoms with Crippen molar-refractivity contribution in [3.63, 3.8) is 0 Å². The van der Waals surface area contributed by atoms with E-state index >= 15 is 0 Å². The van der Waals surface area contributed by atoms with Gasteiger partial charge in [-0.2, -0.15) is 0 Å². The number of nitrogens with one attached hydrogen (secondary N) is 1. The first-order valence-corrected chi connectivity index (χ1v) is 7.93. The quantitative estimate of drug-likeness (QED) is 0.675. The fourth-order valence-corrected chi connectivity index (χ4v) is 3.08. The zero-order valence-corrected chi connectivity index (χ0v) is 13.9. The molecule has 1 unspecified atom stereocenters. The molecule has 0 radical (unpaired) electrons. The summed E-state index contributed by atoms with van der Waals surface area (Å²) in [6.07, 6.45) is 0.865. The van der Waals surface area contributed by atoms with Gasteiger partial charge in [-0.05, 0) is 55.4 Å². The molecule has 0 spiro atoms. The predicted molar refractivity (Wildman–Crippen MR) is 90.9 cm³/mol. The highest BCUT2D eigenvalue weighted by Gasteiger charge is 2.15. The van der Waals surface area contributed by atoms with E-state index in [-0.39, 0.29) is 6.04 Å². The van der Waals surface area contributed by atoms with E-state index in [0.29, 0.717) is 0 Å². The van der Waals surface area contributed by atoms with Crippen LogP contribution in [0.4, 0.5) is 0 Å². The molecular formula is C17H15BrClNO. The first-order valence-electron chi connectivity index (χ1n) is 6.76. The number of hydrogen-bond acceptors (Lipinski definition) is 2. The molecular weight excluding hydrogens is 350 g/mol. The van der Waals surface area contributed by atoms with Crippen LogP contribution in [0.3, 0.4) is 0 Å². The van der Waals surface area contributed by atoms with Crippen LogP contribution in [0.2, 0.25) is 5.02 Å². The van der Waals surface area contributed by atoms with Crippen LogP contribution in [0, 0.1) is 0 Å². The van der Waals surface area contributed by atoms with E-state index in [1.54, 1.807) is 0 Å². The fraction of sp³-hybridized carbons (Fsp3) is 0.176. The molecule has 0 bridgehead atoms. The average Bonchev–Trinajstić information content (AvgIpc) is 2.87. The average molecular weight is 365 g/mol. The molecule has 0 fully saturated rings. The second kappa shape index (κ2) is 6.22. The Morgan fingerprint density at radius 3 is 2.81 bits per heavy atom. The normalized spacial score (nSPS) is 12.7. The summed E-state index contributed by atoms with van der Waals surface area (Å²) < 4.78 is 7.03. The summed E-state index contributed by atoms with van der Waals surface area (Å²) in [7, 11) is 1.95. The second-order valence-corrected chi connectivity index (χ2v) is 6.36. The minimum atomic E-state index is 0.130. The van der Waals surface area contributed by atoms with Crippen LogP contribution in [-0.2, 0) is 6.42 Å². The van der Waals surface area contributed by atoms with Crippen molar-refractivity contribution < 1.29 is 4.42 Å². The number of fused-ring (bicyclic) bond motifs is 1. The second-order valence-electron chi connectivity index (χ2n) is 5.01. The highest BCUT2D eigenvalue weighted by Crippen LogP contribution is 2.28. The third-order valence-electron chi connectivity index (χ3n) is 3.52. The molecule has 21 heavy (non-hydrogen) atoms. The van der Waals surface area contributed by atoms with Gasteiger partial charge in [0.15, 0.2) is 0 Å². The fourth-order valence-electron chi connectivity index (χ4n) is 2.45. The van der Waals surface area contributed by atoms with Crippen LogP contribution in [0.15, 0.2) is 57.4 Å². The largest absolute Gasteiger partial charge is 0.459 e.